The highest BCUT2D eigenvalue weighted by Crippen LogP contribution is 2.36. The van der Waals surface area contributed by atoms with E-state index in [2.05, 4.69) is 10.6 Å². The first-order valence-electron chi connectivity index (χ1n) is 7.18. The third-order valence-corrected chi connectivity index (χ3v) is 3.61. The van der Waals surface area contributed by atoms with Gasteiger partial charge in [-0.2, -0.15) is 13.2 Å². The summed E-state index contributed by atoms with van der Waals surface area (Å²) in [5.74, 6) is -0.655. The van der Waals surface area contributed by atoms with Gasteiger partial charge in [0.2, 0.25) is 5.91 Å². The second-order valence-corrected chi connectivity index (χ2v) is 5.64. The van der Waals surface area contributed by atoms with Crippen molar-refractivity contribution in [3.63, 3.8) is 0 Å². The summed E-state index contributed by atoms with van der Waals surface area (Å²) in [7, 11) is 0. The van der Waals surface area contributed by atoms with Crippen molar-refractivity contribution in [3.8, 4) is 0 Å². The number of alkyl halides is 3. The van der Waals surface area contributed by atoms with E-state index in [-0.39, 0.29) is 18.0 Å². The molecule has 25 heavy (non-hydrogen) atoms. The number of anilines is 2. The zero-order chi connectivity index (χ0) is 18.6. The van der Waals surface area contributed by atoms with Crippen LogP contribution in [0.4, 0.5) is 24.5 Å². The molecule has 2 N–H and O–H groups in total. The molecule has 0 fully saturated rings. The van der Waals surface area contributed by atoms with Crippen LogP contribution in [0.5, 0.6) is 0 Å². The molecule has 0 aliphatic rings. The average Bonchev–Trinajstić information content (AvgIpc) is 2.54. The molecule has 0 atom stereocenters. The van der Waals surface area contributed by atoms with Crippen molar-refractivity contribution in [3.05, 3.63) is 58.6 Å². The van der Waals surface area contributed by atoms with Crippen LogP contribution >= 0.6 is 11.6 Å². The maximum Gasteiger partial charge on any atom is 0.417 e. The van der Waals surface area contributed by atoms with Crippen LogP contribution in [-0.2, 0) is 11.0 Å². The number of nitrogens with one attached hydrogen (secondary N) is 2. The van der Waals surface area contributed by atoms with E-state index in [0.29, 0.717) is 11.3 Å². The van der Waals surface area contributed by atoms with E-state index in [1.807, 2.05) is 0 Å². The quantitative estimate of drug-likeness (QED) is 0.755. The summed E-state index contributed by atoms with van der Waals surface area (Å²) in [4.78, 5) is 23.2. The topological polar surface area (TPSA) is 58.2 Å². The second-order valence-electron chi connectivity index (χ2n) is 5.23. The largest absolute Gasteiger partial charge is 0.417 e. The van der Waals surface area contributed by atoms with Crippen molar-refractivity contribution in [2.75, 3.05) is 17.2 Å². The molecule has 0 radical (unpaired) electrons. The number of benzene rings is 2. The molecule has 1 amide bonds. The lowest BCUT2D eigenvalue weighted by Crippen LogP contribution is -2.22. The first-order chi connectivity index (χ1) is 11.7. The van der Waals surface area contributed by atoms with Crippen LogP contribution in [0, 0.1) is 0 Å². The van der Waals surface area contributed by atoms with Crippen molar-refractivity contribution in [2.45, 2.75) is 13.1 Å². The smallest absolute Gasteiger partial charge is 0.376 e. The Kier molecular flexibility index (Phi) is 5.69. The molecular weight excluding hydrogens is 357 g/mol. The van der Waals surface area contributed by atoms with Crippen molar-refractivity contribution in [1.29, 1.82) is 0 Å². The number of hydrogen-bond donors (Lipinski definition) is 2. The van der Waals surface area contributed by atoms with E-state index in [1.165, 1.54) is 13.0 Å². The van der Waals surface area contributed by atoms with Crippen molar-refractivity contribution >= 4 is 34.7 Å². The molecule has 4 nitrogen and oxygen atoms in total. The number of hydrogen-bond acceptors (Lipinski definition) is 3. The number of ketones is 1. The highest BCUT2D eigenvalue weighted by Gasteiger charge is 2.33. The third-order valence-electron chi connectivity index (χ3n) is 3.28. The Bertz CT molecular complexity index is 807. The fraction of sp³-hybridized carbons (Fsp3) is 0.176. The third kappa shape index (κ3) is 5.22. The van der Waals surface area contributed by atoms with Gasteiger partial charge in [0.05, 0.1) is 17.1 Å². The van der Waals surface area contributed by atoms with Crippen LogP contribution in [0.15, 0.2) is 42.5 Å². The Labute approximate surface area is 147 Å². The van der Waals surface area contributed by atoms with Gasteiger partial charge in [-0.3, -0.25) is 9.59 Å². The Hall–Kier alpha value is -2.54. The summed E-state index contributed by atoms with van der Waals surface area (Å²) in [6, 6.07) is 9.68. The van der Waals surface area contributed by atoms with Crippen LogP contribution in [0.2, 0.25) is 5.02 Å². The number of carbonyl (C=O) groups is 2. The van der Waals surface area contributed by atoms with Gasteiger partial charge in [-0.15, -0.1) is 0 Å². The van der Waals surface area contributed by atoms with Gasteiger partial charge >= 0.3 is 6.18 Å². The molecule has 132 valence electrons. The second kappa shape index (κ2) is 7.57. The molecule has 0 unspecified atom stereocenters. The monoisotopic (exact) mass is 370 g/mol. The van der Waals surface area contributed by atoms with E-state index < -0.39 is 22.7 Å². The Morgan fingerprint density at radius 2 is 1.80 bits per heavy atom. The predicted molar refractivity (Wildman–Crippen MR) is 90.0 cm³/mol. The van der Waals surface area contributed by atoms with E-state index in [9.17, 15) is 22.8 Å². The minimum absolute atomic E-state index is 0.0130. The van der Waals surface area contributed by atoms with Crippen molar-refractivity contribution in [1.82, 2.24) is 0 Å². The van der Waals surface area contributed by atoms with Crippen LogP contribution in [0.3, 0.4) is 0 Å². The van der Waals surface area contributed by atoms with Crippen LogP contribution in [-0.4, -0.2) is 18.2 Å². The van der Waals surface area contributed by atoms with Gasteiger partial charge < -0.3 is 10.6 Å². The lowest BCUT2D eigenvalue weighted by atomic mass is 10.1. The molecule has 2 aromatic carbocycles. The standard InChI is InChI=1S/C17H14ClF3N2O2/c1-10(24)11-3-2-4-12(7-11)22-9-16(25)23-13-5-6-15(18)14(8-13)17(19,20)21/h2-8,22H,9H2,1H3,(H,23,25). The van der Waals surface area contributed by atoms with E-state index >= 15 is 0 Å². The first kappa shape index (κ1) is 18.8. The summed E-state index contributed by atoms with van der Waals surface area (Å²) in [6.07, 6.45) is -4.61. The molecule has 0 saturated heterocycles. The SMILES string of the molecule is CC(=O)c1cccc(NCC(=O)Nc2ccc(Cl)c(C(F)(F)F)c2)c1. The van der Waals surface area contributed by atoms with Gasteiger partial charge in [-0.1, -0.05) is 23.7 Å². The van der Waals surface area contributed by atoms with E-state index in [1.54, 1.807) is 24.3 Å². The summed E-state index contributed by atoms with van der Waals surface area (Å²) < 4.78 is 38.4. The minimum Gasteiger partial charge on any atom is -0.376 e. The lowest BCUT2D eigenvalue weighted by Gasteiger charge is -2.12. The molecule has 0 heterocycles. The van der Waals surface area contributed by atoms with Gasteiger partial charge in [0, 0.05) is 16.9 Å². The molecule has 2 aromatic rings. The highest BCUT2D eigenvalue weighted by molar-refractivity contribution is 6.31. The molecule has 0 aliphatic carbocycles. The fourth-order valence-electron chi connectivity index (χ4n) is 2.06. The number of halogens is 4. The Morgan fingerprint density at radius 3 is 2.44 bits per heavy atom. The number of Topliss-reactive ketones (excluding diaryl/α,β-unsaturated/α-hetero) is 1. The van der Waals surface area contributed by atoms with Gasteiger partial charge in [0.15, 0.2) is 5.78 Å². The number of amides is 1. The summed E-state index contributed by atoms with van der Waals surface area (Å²) in [5, 5.41) is 4.73. The zero-order valence-electron chi connectivity index (χ0n) is 13.1. The van der Waals surface area contributed by atoms with Gasteiger partial charge in [-0.25, -0.2) is 0 Å². The van der Waals surface area contributed by atoms with Gasteiger partial charge in [-0.05, 0) is 37.3 Å². The van der Waals surface area contributed by atoms with Crippen molar-refractivity contribution < 1.29 is 22.8 Å². The molecule has 0 aromatic heterocycles. The molecule has 0 bridgehead atoms. The van der Waals surface area contributed by atoms with Crippen LogP contribution < -0.4 is 10.6 Å². The molecule has 8 heteroatoms. The first-order valence-corrected chi connectivity index (χ1v) is 7.56. The number of carbonyl (C=O) groups excluding carboxylic acids is 2. The Morgan fingerprint density at radius 1 is 1.08 bits per heavy atom. The average molecular weight is 371 g/mol. The summed E-state index contributed by atoms with van der Waals surface area (Å²) >= 11 is 5.53. The summed E-state index contributed by atoms with van der Waals surface area (Å²) in [6.45, 7) is 1.25. The maximum atomic E-state index is 12.8. The predicted octanol–water partition coefficient (Wildman–Crippen LogP) is 4.61. The highest BCUT2D eigenvalue weighted by atomic mass is 35.5. The van der Waals surface area contributed by atoms with E-state index in [0.717, 1.165) is 12.1 Å². The molecule has 2 rings (SSSR count). The van der Waals surface area contributed by atoms with Crippen LogP contribution in [0.1, 0.15) is 22.8 Å². The molecule has 0 spiro atoms. The van der Waals surface area contributed by atoms with Gasteiger partial charge in [0.1, 0.15) is 0 Å². The minimum atomic E-state index is -4.61. The van der Waals surface area contributed by atoms with E-state index in [4.69, 9.17) is 11.6 Å². The Balaban J connectivity index is 2.01. The number of rotatable bonds is 5. The van der Waals surface area contributed by atoms with Crippen molar-refractivity contribution in [2.24, 2.45) is 0 Å². The normalized spacial score (nSPS) is 11.1. The van der Waals surface area contributed by atoms with Gasteiger partial charge in [0.25, 0.3) is 0 Å². The fourth-order valence-corrected chi connectivity index (χ4v) is 2.28. The summed E-state index contributed by atoms with van der Waals surface area (Å²) in [5.41, 5.74) is 0.00274. The molecule has 0 aliphatic heterocycles. The van der Waals surface area contributed by atoms with Crippen LogP contribution in [0.25, 0.3) is 0 Å². The molecule has 0 saturated carbocycles. The zero-order valence-corrected chi connectivity index (χ0v) is 13.8. The maximum absolute atomic E-state index is 12.8. The molecular formula is C17H14ClF3N2O2. The lowest BCUT2D eigenvalue weighted by molar-refractivity contribution is -0.137.